The van der Waals surface area contributed by atoms with Crippen LogP contribution in [-0.2, 0) is 19.1 Å². The monoisotopic (exact) mass is 374 g/mol. The van der Waals surface area contributed by atoms with Crippen molar-refractivity contribution in [3.63, 3.8) is 0 Å². The molecule has 5 heteroatoms. The van der Waals surface area contributed by atoms with E-state index in [2.05, 4.69) is 13.8 Å². The quantitative estimate of drug-likeness (QED) is 0.637. The Morgan fingerprint density at radius 1 is 1.11 bits per heavy atom. The molecular formula is C22H27FO4. The van der Waals surface area contributed by atoms with E-state index in [0.717, 1.165) is 19.3 Å². The molecule has 27 heavy (non-hydrogen) atoms. The van der Waals surface area contributed by atoms with E-state index in [4.69, 9.17) is 4.74 Å². The summed E-state index contributed by atoms with van der Waals surface area (Å²) in [6, 6.07) is 0. The summed E-state index contributed by atoms with van der Waals surface area (Å²) < 4.78 is 19.3. The van der Waals surface area contributed by atoms with Crippen LogP contribution in [0.4, 0.5) is 4.39 Å². The van der Waals surface area contributed by atoms with Crippen molar-refractivity contribution in [2.24, 2.45) is 28.6 Å². The number of ketones is 2. The molecule has 0 aromatic rings. The maximum atomic E-state index is 14.0. The fourth-order valence-electron chi connectivity index (χ4n) is 6.73. The number of fused-ring (bicyclic) bond motifs is 5. The summed E-state index contributed by atoms with van der Waals surface area (Å²) in [7, 11) is 0. The average molecular weight is 374 g/mol. The molecule has 0 aliphatic heterocycles. The fraction of sp³-hybridized carbons (Fsp3) is 0.682. The Kier molecular flexibility index (Phi) is 4.21. The van der Waals surface area contributed by atoms with Crippen molar-refractivity contribution in [3.05, 3.63) is 23.2 Å². The summed E-state index contributed by atoms with van der Waals surface area (Å²) in [5, 5.41) is 0. The van der Waals surface area contributed by atoms with E-state index < -0.39 is 11.4 Å². The standard InChI is InChI=1S/C22H27FO4/c1-12(24)27-20-17(25)7-9-22(3)16-6-8-21(2)15(4-5-18(21)26)14(16)10-13(11-23)19(20)22/h11,14-16H,4-10H2,1-3H3/t14-,15-,16-,21-,22+/m0/s1. The topological polar surface area (TPSA) is 60.4 Å². The number of rotatable bonds is 1. The number of Topliss-reactive ketones (excluding diaryl/α,β-unsaturated/α-hetero) is 2. The zero-order valence-electron chi connectivity index (χ0n) is 16.3. The molecule has 3 saturated carbocycles. The number of allylic oxidation sites excluding steroid dienone is 2. The highest BCUT2D eigenvalue weighted by molar-refractivity contribution is 5.98. The summed E-state index contributed by atoms with van der Waals surface area (Å²) >= 11 is 0. The highest BCUT2D eigenvalue weighted by Crippen LogP contribution is 2.66. The lowest BCUT2D eigenvalue weighted by Crippen LogP contribution is -2.51. The summed E-state index contributed by atoms with van der Waals surface area (Å²) in [6.07, 6.45) is 5.30. The Labute approximate surface area is 159 Å². The van der Waals surface area contributed by atoms with Crippen LogP contribution < -0.4 is 0 Å². The Bertz CT molecular complexity index is 794. The molecule has 3 fully saturated rings. The van der Waals surface area contributed by atoms with Gasteiger partial charge in [-0.05, 0) is 55.4 Å². The number of carbonyl (C=O) groups is 3. The normalized spacial score (nSPS) is 42.7. The molecule has 0 amide bonds. The number of hydrogen-bond acceptors (Lipinski definition) is 4. The second-order valence-corrected chi connectivity index (χ2v) is 9.27. The first-order valence-corrected chi connectivity index (χ1v) is 10.0. The molecule has 0 unspecified atom stereocenters. The Morgan fingerprint density at radius 2 is 1.81 bits per heavy atom. The summed E-state index contributed by atoms with van der Waals surface area (Å²) in [5.41, 5.74) is 0.396. The lowest BCUT2D eigenvalue weighted by atomic mass is 9.46. The van der Waals surface area contributed by atoms with Crippen molar-refractivity contribution in [2.45, 2.75) is 65.7 Å². The maximum Gasteiger partial charge on any atom is 0.308 e. The Morgan fingerprint density at radius 3 is 2.48 bits per heavy atom. The van der Waals surface area contributed by atoms with Gasteiger partial charge in [0.05, 0.1) is 6.33 Å². The van der Waals surface area contributed by atoms with Gasteiger partial charge < -0.3 is 4.74 Å². The average Bonchev–Trinajstić information content (AvgIpc) is 2.92. The van der Waals surface area contributed by atoms with Crippen LogP contribution in [-0.4, -0.2) is 17.5 Å². The molecule has 0 bridgehead atoms. The van der Waals surface area contributed by atoms with Crippen molar-refractivity contribution in [1.29, 1.82) is 0 Å². The van der Waals surface area contributed by atoms with Gasteiger partial charge in [-0.15, -0.1) is 0 Å². The van der Waals surface area contributed by atoms with Gasteiger partial charge in [0, 0.05) is 36.2 Å². The third kappa shape index (κ3) is 2.50. The van der Waals surface area contributed by atoms with Crippen LogP contribution in [0.3, 0.4) is 0 Å². The number of carbonyl (C=O) groups excluding carboxylic acids is 3. The molecule has 0 aromatic carbocycles. The highest BCUT2D eigenvalue weighted by atomic mass is 19.1. The zero-order chi connectivity index (χ0) is 19.6. The molecular weight excluding hydrogens is 347 g/mol. The van der Waals surface area contributed by atoms with Crippen LogP contribution in [0.2, 0.25) is 0 Å². The van der Waals surface area contributed by atoms with Gasteiger partial charge in [-0.25, -0.2) is 4.39 Å². The fourth-order valence-corrected chi connectivity index (χ4v) is 6.73. The summed E-state index contributed by atoms with van der Waals surface area (Å²) in [5.74, 6) is 0.417. The van der Waals surface area contributed by atoms with Crippen molar-refractivity contribution in [1.82, 2.24) is 0 Å². The molecule has 4 aliphatic carbocycles. The van der Waals surface area contributed by atoms with E-state index >= 15 is 0 Å². The number of esters is 1. The molecule has 0 aromatic heterocycles. The molecule has 5 atom stereocenters. The Hall–Kier alpha value is -1.78. The zero-order valence-corrected chi connectivity index (χ0v) is 16.3. The van der Waals surface area contributed by atoms with Crippen LogP contribution in [0.1, 0.15) is 65.7 Å². The molecule has 0 saturated heterocycles. The number of hydrogen-bond donors (Lipinski definition) is 0. The predicted octanol–water partition coefficient (Wildman–Crippen LogP) is 4.44. The second kappa shape index (κ2) is 6.11. The minimum absolute atomic E-state index is 0.0504. The van der Waals surface area contributed by atoms with Gasteiger partial charge in [0.1, 0.15) is 5.78 Å². The first-order valence-electron chi connectivity index (χ1n) is 10.0. The smallest absolute Gasteiger partial charge is 0.308 e. The lowest BCUT2D eigenvalue weighted by Gasteiger charge is -2.57. The largest absolute Gasteiger partial charge is 0.423 e. The highest BCUT2D eigenvalue weighted by Gasteiger charge is 2.61. The van der Waals surface area contributed by atoms with Crippen molar-refractivity contribution in [3.8, 4) is 0 Å². The first-order chi connectivity index (χ1) is 12.7. The molecule has 146 valence electrons. The van der Waals surface area contributed by atoms with Crippen LogP contribution in [0.5, 0.6) is 0 Å². The van der Waals surface area contributed by atoms with E-state index in [1.54, 1.807) is 0 Å². The van der Waals surface area contributed by atoms with Gasteiger partial charge in [0.15, 0.2) is 11.5 Å². The first kappa shape index (κ1) is 18.6. The van der Waals surface area contributed by atoms with Crippen LogP contribution in [0.25, 0.3) is 0 Å². The molecule has 0 N–H and O–H groups in total. The molecule has 4 aliphatic rings. The van der Waals surface area contributed by atoms with E-state index in [1.165, 1.54) is 6.92 Å². The molecule has 0 heterocycles. The SMILES string of the molecule is CC(=O)OC1=C2C(=CF)C[C@@H]3[C@H](CC[C@]4(C)C(=O)CC[C@@H]34)[C@@]2(C)CCC1=O. The van der Waals surface area contributed by atoms with E-state index in [0.29, 0.717) is 48.9 Å². The molecule has 0 spiro atoms. The van der Waals surface area contributed by atoms with Crippen LogP contribution in [0, 0.1) is 28.6 Å². The summed E-state index contributed by atoms with van der Waals surface area (Å²) in [6.45, 7) is 5.45. The van der Waals surface area contributed by atoms with Crippen molar-refractivity contribution < 1.29 is 23.5 Å². The van der Waals surface area contributed by atoms with Gasteiger partial charge in [0.25, 0.3) is 0 Å². The maximum absolute atomic E-state index is 14.0. The van der Waals surface area contributed by atoms with Gasteiger partial charge in [-0.3, -0.25) is 14.4 Å². The molecule has 4 nitrogen and oxygen atoms in total. The van der Waals surface area contributed by atoms with E-state index in [1.807, 2.05) is 0 Å². The third-order valence-electron chi connectivity index (χ3n) is 8.04. The van der Waals surface area contributed by atoms with Crippen molar-refractivity contribution in [2.75, 3.05) is 0 Å². The van der Waals surface area contributed by atoms with Crippen molar-refractivity contribution >= 4 is 17.5 Å². The second-order valence-electron chi connectivity index (χ2n) is 9.27. The van der Waals surface area contributed by atoms with Crippen LogP contribution >= 0.6 is 0 Å². The van der Waals surface area contributed by atoms with Gasteiger partial charge in [0.2, 0.25) is 0 Å². The Balaban J connectivity index is 1.83. The minimum Gasteiger partial charge on any atom is -0.423 e. The predicted molar refractivity (Wildman–Crippen MR) is 97.0 cm³/mol. The number of halogens is 1. The van der Waals surface area contributed by atoms with Crippen LogP contribution in [0.15, 0.2) is 23.2 Å². The van der Waals surface area contributed by atoms with E-state index in [9.17, 15) is 18.8 Å². The number of ether oxygens (including phenoxy) is 1. The molecule has 0 radical (unpaired) electrons. The van der Waals surface area contributed by atoms with Gasteiger partial charge in [-0.2, -0.15) is 0 Å². The van der Waals surface area contributed by atoms with Gasteiger partial charge >= 0.3 is 5.97 Å². The lowest BCUT2D eigenvalue weighted by molar-refractivity contribution is -0.142. The molecule has 4 rings (SSSR count). The summed E-state index contributed by atoms with van der Waals surface area (Å²) in [4.78, 5) is 36.6. The van der Waals surface area contributed by atoms with Gasteiger partial charge in [-0.1, -0.05) is 13.8 Å². The van der Waals surface area contributed by atoms with E-state index in [-0.39, 0.29) is 34.7 Å². The minimum atomic E-state index is -0.548. The third-order valence-corrected chi connectivity index (χ3v) is 8.04.